The van der Waals surface area contributed by atoms with Crippen LogP contribution in [0.2, 0.25) is 0 Å². The Kier molecular flexibility index (Phi) is 16.6. The SMILES string of the molecule is Cl.O=S(=O)(O)O.O=S(=O)([O-])O.[Na+]. The first-order valence-corrected chi connectivity index (χ1v) is 4.14. The van der Waals surface area contributed by atoms with Gasteiger partial charge in [-0.1, -0.05) is 0 Å². The summed E-state index contributed by atoms with van der Waals surface area (Å²) in [5, 5.41) is 0. The van der Waals surface area contributed by atoms with Gasteiger partial charge in [-0.05, 0) is 0 Å². The van der Waals surface area contributed by atoms with Gasteiger partial charge in [-0.25, -0.2) is 8.42 Å². The Labute approximate surface area is 97.2 Å². The minimum Gasteiger partial charge on any atom is -0.726 e. The third kappa shape index (κ3) is 1050. The van der Waals surface area contributed by atoms with Gasteiger partial charge in [-0.15, -0.1) is 12.4 Å². The molecular weight excluding hydrogens is 251 g/mol. The molecule has 0 saturated carbocycles. The van der Waals surface area contributed by atoms with Crippen molar-refractivity contribution < 1.29 is 64.6 Å². The maximum atomic E-state index is 8.74. The van der Waals surface area contributed by atoms with Crippen LogP contribution in [0.5, 0.6) is 0 Å². The molecule has 0 amide bonds. The quantitative estimate of drug-likeness (QED) is 0.223. The Bertz CT molecular complexity index is 213. The number of rotatable bonds is 0. The molecule has 8 nitrogen and oxygen atoms in total. The van der Waals surface area contributed by atoms with Crippen LogP contribution in [0.4, 0.5) is 0 Å². The topological polar surface area (TPSA) is 152 Å². The Hall–Kier alpha value is 1.03. The second-order valence-electron chi connectivity index (χ2n) is 0.876. The van der Waals surface area contributed by atoms with Crippen molar-refractivity contribution in [1.29, 1.82) is 0 Å². The molecule has 12 heavy (non-hydrogen) atoms. The fraction of sp³-hybridized carbons (Fsp3) is 0. The average molecular weight is 255 g/mol. The van der Waals surface area contributed by atoms with E-state index in [0.29, 0.717) is 0 Å². The third-order valence-corrected chi connectivity index (χ3v) is 0. The first-order chi connectivity index (χ1) is 4.00. The molecule has 0 aliphatic heterocycles. The van der Waals surface area contributed by atoms with E-state index in [-0.39, 0.29) is 42.0 Å². The molecule has 0 aliphatic carbocycles. The smallest absolute Gasteiger partial charge is 0.726 e. The van der Waals surface area contributed by atoms with Crippen LogP contribution >= 0.6 is 12.4 Å². The van der Waals surface area contributed by atoms with Gasteiger partial charge in [0.1, 0.15) is 0 Å². The van der Waals surface area contributed by atoms with Crippen LogP contribution in [0, 0.1) is 0 Å². The maximum Gasteiger partial charge on any atom is 1.00 e. The van der Waals surface area contributed by atoms with E-state index < -0.39 is 20.8 Å². The Balaban J connectivity index is -0.0000000457. The molecule has 0 saturated heterocycles. The fourth-order valence-electron chi connectivity index (χ4n) is 0. The van der Waals surface area contributed by atoms with Gasteiger partial charge in [0, 0.05) is 0 Å². The second kappa shape index (κ2) is 8.62. The monoisotopic (exact) mass is 254 g/mol. The van der Waals surface area contributed by atoms with Crippen molar-refractivity contribution in [3.63, 3.8) is 0 Å². The van der Waals surface area contributed by atoms with Crippen molar-refractivity contribution in [2.45, 2.75) is 0 Å². The summed E-state index contributed by atoms with van der Waals surface area (Å²) in [6.07, 6.45) is 0. The summed E-state index contributed by atoms with van der Waals surface area (Å²) >= 11 is 0. The standard InChI is InChI=1S/ClH.Na.2H2O4S/c;;2*1-5(2,3)4/h1H;;2*(H2,1,2,3,4)/q;+1;;/p-1. The molecule has 0 bridgehead atoms. The Morgan fingerprint density at radius 1 is 0.917 bits per heavy atom. The molecular formula is H4ClNaO8S2. The van der Waals surface area contributed by atoms with Crippen LogP contribution in [0.15, 0.2) is 0 Å². The number of hydrogen-bond donors (Lipinski definition) is 3. The van der Waals surface area contributed by atoms with E-state index in [1.165, 1.54) is 0 Å². The summed E-state index contributed by atoms with van der Waals surface area (Å²) in [5.41, 5.74) is 0. The van der Waals surface area contributed by atoms with Crippen LogP contribution in [0.1, 0.15) is 0 Å². The summed E-state index contributed by atoms with van der Waals surface area (Å²) in [5.74, 6) is 0. The van der Waals surface area contributed by atoms with E-state index in [4.69, 9.17) is 35.0 Å². The van der Waals surface area contributed by atoms with E-state index >= 15 is 0 Å². The molecule has 72 valence electrons. The minimum atomic E-state index is -4.92. The summed E-state index contributed by atoms with van der Waals surface area (Å²) in [4.78, 5) is 0. The average Bonchev–Trinajstić information content (AvgIpc) is 1.12. The van der Waals surface area contributed by atoms with Crippen molar-refractivity contribution in [1.82, 2.24) is 0 Å². The molecule has 0 spiro atoms. The summed E-state index contributed by atoms with van der Waals surface area (Å²) in [6, 6.07) is 0. The van der Waals surface area contributed by atoms with Crippen LogP contribution < -0.4 is 29.6 Å². The molecule has 0 aromatic carbocycles. The van der Waals surface area contributed by atoms with Crippen molar-refractivity contribution in [2.75, 3.05) is 0 Å². The Morgan fingerprint density at radius 3 is 0.917 bits per heavy atom. The van der Waals surface area contributed by atoms with Gasteiger partial charge in [0.05, 0.1) is 0 Å². The third-order valence-electron chi connectivity index (χ3n) is 0. The predicted molar refractivity (Wildman–Crippen MR) is 33.8 cm³/mol. The van der Waals surface area contributed by atoms with Gasteiger partial charge < -0.3 is 4.55 Å². The zero-order chi connectivity index (χ0) is 9.00. The van der Waals surface area contributed by atoms with Crippen molar-refractivity contribution in [3.8, 4) is 0 Å². The zero-order valence-electron chi connectivity index (χ0n) is 5.61. The zero-order valence-corrected chi connectivity index (χ0v) is 10.1. The van der Waals surface area contributed by atoms with Crippen molar-refractivity contribution in [3.05, 3.63) is 0 Å². The van der Waals surface area contributed by atoms with E-state index in [2.05, 4.69) is 0 Å². The predicted octanol–water partition coefficient (Wildman–Crippen LogP) is -4.22. The molecule has 0 heterocycles. The van der Waals surface area contributed by atoms with E-state index in [0.717, 1.165) is 0 Å². The van der Waals surface area contributed by atoms with E-state index in [9.17, 15) is 0 Å². The molecule has 0 unspecified atom stereocenters. The van der Waals surface area contributed by atoms with Crippen molar-refractivity contribution in [2.24, 2.45) is 0 Å². The normalized spacial score (nSPS) is 9.67. The second-order valence-corrected chi connectivity index (χ2v) is 2.63. The van der Waals surface area contributed by atoms with Gasteiger partial charge in [0.2, 0.25) is 10.4 Å². The first kappa shape index (κ1) is 23.1. The molecule has 0 radical (unpaired) electrons. The summed E-state index contributed by atoms with van der Waals surface area (Å²) < 4.78 is 64.4. The van der Waals surface area contributed by atoms with Crippen LogP contribution in [-0.2, 0) is 20.8 Å². The first-order valence-electron chi connectivity index (χ1n) is 1.38. The molecule has 0 rings (SSSR count). The number of halogens is 1. The molecule has 3 N–H and O–H groups in total. The van der Waals surface area contributed by atoms with Gasteiger partial charge in [0.15, 0.2) is 0 Å². The molecule has 0 aromatic rings. The molecule has 12 heteroatoms. The van der Waals surface area contributed by atoms with Crippen LogP contribution in [0.25, 0.3) is 0 Å². The minimum absolute atomic E-state index is 0. The fourth-order valence-corrected chi connectivity index (χ4v) is 0. The van der Waals surface area contributed by atoms with Crippen LogP contribution in [-0.4, -0.2) is 35.0 Å². The maximum absolute atomic E-state index is 8.74. The van der Waals surface area contributed by atoms with Gasteiger partial charge in [0.25, 0.3) is 0 Å². The largest absolute Gasteiger partial charge is 1.00 e. The van der Waals surface area contributed by atoms with Gasteiger partial charge in [-0.3, -0.25) is 13.7 Å². The van der Waals surface area contributed by atoms with Gasteiger partial charge >= 0.3 is 40.0 Å². The molecule has 0 fully saturated rings. The van der Waals surface area contributed by atoms with Crippen molar-refractivity contribution >= 4 is 33.2 Å². The van der Waals surface area contributed by atoms with E-state index in [1.807, 2.05) is 0 Å². The van der Waals surface area contributed by atoms with Gasteiger partial charge in [-0.2, -0.15) is 8.42 Å². The molecule has 0 atom stereocenters. The number of hydrogen-bond acceptors (Lipinski definition) is 5. The summed E-state index contributed by atoms with van der Waals surface area (Å²) in [6.45, 7) is 0. The summed E-state index contributed by atoms with van der Waals surface area (Å²) in [7, 11) is -9.58. The molecule has 0 aromatic heterocycles. The Morgan fingerprint density at radius 2 is 0.917 bits per heavy atom. The molecule has 0 aliphatic rings. The van der Waals surface area contributed by atoms with Crippen LogP contribution in [0.3, 0.4) is 0 Å². The van der Waals surface area contributed by atoms with E-state index in [1.54, 1.807) is 0 Å².